The SMILES string of the molecule is CCCNC(C)C(Cc1cc(C)cc(C)c1)C(C)C. The van der Waals surface area contributed by atoms with Gasteiger partial charge < -0.3 is 5.32 Å². The van der Waals surface area contributed by atoms with Crippen LogP contribution in [0.4, 0.5) is 0 Å². The van der Waals surface area contributed by atoms with Crippen LogP contribution in [0.5, 0.6) is 0 Å². The molecule has 0 aliphatic rings. The van der Waals surface area contributed by atoms with Gasteiger partial charge in [0.25, 0.3) is 0 Å². The zero-order valence-corrected chi connectivity index (χ0v) is 13.6. The van der Waals surface area contributed by atoms with Crippen molar-refractivity contribution in [2.75, 3.05) is 6.54 Å². The lowest BCUT2D eigenvalue weighted by Gasteiger charge is -2.29. The Bertz CT molecular complexity index is 361. The predicted octanol–water partition coefficient (Wildman–Crippen LogP) is 4.51. The molecule has 0 heterocycles. The van der Waals surface area contributed by atoms with Crippen LogP contribution in [0.15, 0.2) is 18.2 Å². The number of aryl methyl sites for hydroxylation is 2. The number of hydrogen-bond acceptors (Lipinski definition) is 1. The van der Waals surface area contributed by atoms with Crippen LogP contribution in [-0.4, -0.2) is 12.6 Å². The fraction of sp³-hybridized carbons (Fsp3) is 0.667. The lowest BCUT2D eigenvalue weighted by atomic mass is 9.83. The quantitative estimate of drug-likeness (QED) is 0.761. The molecule has 0 aliphatic carbocycles. The Hall–Kier alpha value is -0.820. The monoisotopic (exact) mass is 261 g/mol. The van der Waals surface area contributed by atoms with Crippen LogP contribution in [0.2, 0.25) is 0 Å². The van der Waals surface area contributed by atoms with Crippen molar-refractivity contribution in [2.45, 2.75) is 60.4 Å². The maximum atomic E-state index is 3.66. The Morgan fingerprint density at radius 2 is 1.58 bits per heavy atom. The summed E-state index contributed by atoms with van der Waals surface area (Å²) in [4.78, 5) is 0. The second kappa shape index (κ2) is 7.69. The van der Waals surface area contributed by atoms with E-state index in [4.69, 9.17) is 0 Å². The zero-order chi connectivity index (χ0) is 14.4. The highest BCUT2D eigenvalue weighted by Crippen LogP contribution is 2.22. The van der Waals surface area contributed by atoms with Gasteiger partial charge >= 0.3 is 0 Å². The number of rotatable bonds is 7. The molecule has 1 rings (SSSR count). The first kappa shape index (κ1) is 16.2. The van der Waals surface area contributed by atoms with E-state index < -0.39 is 0 Å². The lowest BCUT2D eigenvalue weighted by molar-refractivity contribution is 0.289. The molecule has 0 fully saturated rings. The van der Waals surface area contributed by atoms with Crippen molar-refractivity contribution in [3.8, 4) is 0 Å². The van der Waals surface area contributed by atoms with Gasteiger partial charge in [0.05, 0.1) is 0 Å². The molecule has 1 heteroatoms. The smallest absolute Gasteiger partial charge is 0.00726 e. The number of benzene rings is 1. The minimum absolute atomic E-state index is 0.584. The third-order valence-corrected chi connectivity index (χ3v) is 3.97. The summed E-state index contributed by atoms with van der Waals surface area (Å²) in [6.07, 6.45) is 2.39. The van der Waals surface area contributed by atoms with E-state index in [0.717, 1.165) is 6.54 Å². The van der Waals surface area contributed by atoms with Crippen LogP contribution >= 0.6 is 0 Å². The van der Waals surface area contributed by atoms with Crippen molar-refractivity contribution >= 4 is 0 Å². The molecule has 108 valence electrons. The van der Waals surface area contributed by atoms with Crippen LogP contribution in [0.1, 0.15) is 50.8 Å². The van der Waals surface area contributed by atoms with E-state index in [-0.39, 0.29) is 0 Å². The van der Waals surface area contributed by atoms with Crippen LogP contribution in [0, 0.1) is 25.7 Å². The van der Waals surface area contributed by atoms with Gasteiger partial charge in [-0.3, -0.25) is 0 Å². The minimum atomic E-state index is 0.584. The molecule has 1 N–H and O–H groups in total. The minimum Gasteiger partial charge on any atom is -0.314 e. The molecule has 19 heavy (non-hydrogen) atoms. The van der Waals surface area contributed by atoms with Crippen LogP contribution in [-0.2, 0) is 6.42 Å². The number of hydrogen-bond donors (Lipinski definition) is 1. The van der Waals surface area contributed by atoms with Crippen molar-refractivity contribution < 1.29 is 0 Å². The molecule has 0 amide bonds. The standard InChI is InChI=1S/C18H31N/c1-7-8-19-16(6)18(13(2)3)12-17-10-14(4)9-15(5)11-17/h9-11,13,16,18-19H,7-8,12H2,1-6H3. The fourth-order valence-corrected chi connectivity index (χ4v) is 2.97. The normalized spacial score (nSPS) is 14.7. The van der Waals surface area contributed by atoms with Gasteiger partial charge in [0.1, 0.15) is 0 Å². The van der Waals surface area contributed by atoms with Gasteiger partial charge in [-0.1, -0.05) is 50.1 Å². The molecular weight excluding hydrogens is 230 g/mol. The molecule has 0 radical (unpaired) electrons. The molecule has 2 unspecified atom stereocenters. The summed E-state index contributed by atoms with van der Waals surface area (Å²) in [5, 5.41) is 3.66. The van der Waals surface area contributed by atoms with E-state index >= 15 is 0 Å². The molecule has 1 aromatic rings. The van der Waals surface area contributed by atoms with Crippen molar-refractivity contribution in [3.05, 3.63) is 34.9 Å². The predicted molar refractivity (Wildman–Crippen MR) is 85.7 cm³/mol. The molecular formula is C18H31N. The summed E-state index contributed by atoms with van der Waals surface area (Å²) in [7, 11) is 0. The van der Waals surface area contributed by atoms with Crippen LogP contribution in [0.3, 0.4) is 0 Å². The highest BCUT2D eigenvalue weighted by molar-refractivity contribution is 5.29. The highest BCUT2D eigenvalue weighted by Gasteiger charge is 2.20. The molecule has 2 atom stereocenters. The third-order valence-electron chi connectivity index (χ3n) is 3.97. The number of nitrogens with one attached hydrogen (secondary N) is 1. The van der Waals surface area contributed by atoms with Crippen molar-refractivity contribution in [1.82, 2.24) is 5.32 Å². The van der Waals surface area contributed by atoms with Crippen LogP contribution < -0.4 is 5.32 Å². The van der Waals surface area contributed by atoms with Gasteiger partial charge in [-0.25, -0.2) is 0 Å². The Kier molecular flexibility index (Phi) is 6.57. The van der Waals surface area contributed by atoms with Gasteiger partial charge in [-0.15, -0.1) is 0 Å². The molecule has 0 saturated carbocycles. The molecule has 0 aliphatic heterocycles. The van der Waals surface area contributed by atoms with E-state index in [2.05, 4.69) is 65.1 Å². The first-order valence-electron chi connectivity index (χ1n) is 7.74. The average Bonchev–Trinajstić information content (AvgIpc) is 2.31. The summed E-state index contributed by atoms with van der Waals surface area (Å²) in [6, 6.07) is 7.53. The molecule has 1 nitrogen and oxygen atoms in total. The van der Waals surface area contributed by atoms with E-state index in [1.165, 1.54) is 29.5 Å². The van der Waals surface area contributed by atoms with Crippen molar-refractivity contribution in [2.24, 2.45) is 11.8 Å². The van der Waals surface area contributed by atoms with Gasteiger partial charge in [0.2, 0.25) is 0 Å². The van der Waals surface area contributed by atoms with Gasteiger partial charge in [-0.05, 0) is 57.6 Å². The fourth-order valence-electron chi connectivity index (χ4n) is 2.97. The molecule has 0 bridgehead atoms. The molecule has 0 aromatic heterocycles. The Labute approximate surface area is 119 Å². The first-order chi connectivity index (χ1) is 8.93. The summed E-state index contributed by atoms with van der Waals surface area (Å²) < 4.78 is 0. The molecule has 0 saturated heterocycles. The lowest BCUT2D eigenvalue weighted by Crippen LogP contribution is -2.37. The summed E-state index contributed by atoms with van der Waals surface area (Å²) >= 11 is 0. The Balaban J connectivity index is 2.77. The highest BCUT2D eigenvalue weighted by atomic mass is 14.9. The summed E-state index contributed by atoms with van der Waals surface area (Å²) in [5.74, 6) is 1.41. The second-order valence-electron chi connectivity index (χ2n) is 6.35. The maximum Gasteiger partial charge on any atom is 0.00726 e. The van der Waals surface area contributed by atoms with E-state index in [1.807, 2.05) is 0 Å². The maximum absolute atomic E-state index is 3.66. The zero-order valence-electron chi connectivity index (χ0n) is 13.6. The largest absolute Gasteiger partial charge is 0.314 e. The molecule has 0 spiro atoms. The van der Waals surface area contributed by atoms with Crippen molar-refractivity contribution in [3.63, 3.8) is 0 Å². The van der Waals surface area contributed by atoms with Crippen LogP contribution in [0.25, 0.3) is 0 Å². The van der Waals surface area contributed by atoms with E-state index in [0.29, 0.717) is 17.9 Å². The van der Waals surface area contributed by atoms with Gasteiger partial charge in [0, 0.05) is 6.04 Å². The van der Waals surface area contributed by atoms with Crippen molar-refractivity contribution in [1.29, 1.82) is 0 Å². The van der Waals surface area contributed by atoms with Gasteiger partial charge in [-0.2, -0.15) is 0 Å². The summed E-state index contributed by atoms with van der Waals surface area (Å²) in [6.45, 7) is 14.8. The average molecular weight is 261 g/mol. The van der Waals surface area contributed by atoms with E-state index in [9.17, 15) is 0 Å². The third kappa shape index (κ3) is 5.36. The first-order valence-corrected chi connectivity index (χ1v) is 7.74. The molecule has 1 aromatic carbocycles. The summed E-state index contributed by atoms with van der Waals surface area (Å²) in [5.41, 5.74) is 4.25. The Morgan fingerprint density at radius 1 is 1.00 bits per heavy atom. The van der Waals surface area contributed by atoms with Gasteiger partial charge in [0.15, 0.2) is 0 Å². The Morgan fingerprint density at radius 3 is 2.05 bits per heavy atom. The topological polar surface area (TPSA) is 12.0 Å². The van der Waals surface area contributed by atoms with E-state index in [1.54, 1.807) is 0 Å². The second-order valence-corrected chi connectivity index (χ2v) is 6.35.